The summed E-state index contributed by atoms with van der Waals surface area (Å²) in [6.45, 7) is 0. The van der Waals surface area contributed by atoms with E-state index < -0.39 is 10.0 Å². The summed E-state index contributed by atoms with van der Waals surface area (Å²) in [5.74, 6) is 0. The van der Waals surface area contributed by atoms with Crippen molar-refractivity contribution >= 4 is 75.4 Å². The van der Waals surface area contributed by atoms with Crippen LogP contribution in [0.25, 0.3) is 82.5 Å². The van der Waals surface area contributed by atoms with Crippen LogP contribution < -0.4 is 0 Å². The van der Waals surface area contributed by atoms with Gasteiger partial charge in [-0.3, -0.25) is 0 Å². The molecule has 0 fully saturated rings. The monoisotopic (exact) mass is 835 g/mol. The third kappa shape index (κ3) is 5.24. The van der Waals surface area contributed by atoms with E-state index in [0.29, 0.717) is 0 Å². The average molecular weight is 836 g/mol. The molecule has 13 rings (SSSR count). The highest BCUT2D eigenvalue weighted by molar-refractivity contribution is 8.34. The molecule has 13 aromatic rings. The Hall–Kier alpha value is -8.05. The molecule has 0 aliphatic rings. The lowest BCUT2D eigenvalue weighted by Gasteiger charge is -2.42. The second-order valence-electron chi connectivity index (χ2n) is 16.5. The molecule has 0 bridgehead atoms. The quantitative estimate of drug-likeness (QED) is 0.152. The third-order valence-electron chi connectivity index (χ3n) is 13.1. The van der Waals surface area contributed by atoms with Gasteiger partial charge in [0.1, 0.15) is 0 Å². The zero-order valence-corrected chi connectivity index (χ0v) is 35.7. The largest absolute Gasteiger partial charge is 0.309 e. The van der Waals surface area contributed by atoms with E-state index in [1.807, 2.05) is 0 Å². The van der Waals surface area contributed by atoms with Crippen LogP contribution in [0.15, 0.2) is 268 Å². The van der Waals surface area contributed by atoms with Crippen LogP contribution in [0.2, 0.25) is 0 Å². The van der Waals surface area contributed by atoms with Gasteiger partial charge in [0.15, 0.2) is 0 Å². The van der Waals surface area contributed by atoms with E-state index in [1.165, 1.54) is 85.0 Å². The Labute approximate surface area is 372 Å². The van der Waals surface area contributed by atoms with Crippen LogP contribution in [0.1, 0.15) is 0 Å². The van der Waals surface area contributed by atoms with Crippen LogP contribution in [0.4, 0.5) is 0 Å². The zero-order valence-electron chi connectivity index (χ0n) is 34.9. The van der Waals surface area contributed by atoms with Gasteiger partial charge >= 0.3 is 0 Å². The molecule has 0 amide bonds. The normalized spacial score (nSPS) is 12.3. The van der Waals surface area contributed by atoms with Gasteiger partial charge in [-0.2, -0.15) is 0 Å². The maximum Gasteiger partial charge on any atom is 0.0552 e. The summed E-state index contributed by atoms with van der Waals surface area (Å²) in [6.07, 6.45) is 0. The highest BCUT2D eigenvalue weighted by Crippen LogP contribution is 2.75. The molecule has 302 valence electrons. The Morgan fingerprint density at radius 3 is 1.00 bits per heavy atom. The fourth-order valence-electron chi connectivity index (χ4n) is 10.6. The van der Waals surface area contributed by atoms with Crippen LogP contribution in [-0.4, -0.2) is 13.7 Å². The second kappa shape index (κ2) is 14.5. The Bertz CT molecular complexity index is 3830. The molecule has 0 aliphatic carbocycles. The van der Waals surface area contributed by atoms with Gasteiger partial charge in [0, 0.05) is 69.0 Å². The first-order valence-electron chi connectivity index (χ1n) is 21.9. The van der Waals surface area contributed by atoms with Crippen molar-refractivity contribution in [2.75, 3.05) is 0 Å². The van der Waals surface area contributed by atoms with Crippen molar-refractivity contribution in [1.29, 1.82) is 0 Å². The summed E-state index contributed by atoms with van der Waals surface area (Å²) < 4.78 is 7.32. The number of benzene rings is 10. The maximum atomic E-state index is 2.47. The second-order valence-corrected chi connectivity index (χ2v) is 19.5. The lowest BCUT2D eigenvalue weighted by atomic mass is 10.1. The van der Waals surface area contributed by atoms with Crippen LogP contribution in [-0.2, 0) is 0 Å². The molecule has 3 nitrogen and oxygen atoms in total. The molecule has 3 heterocycles. The Kier molecular flexibility index (Phi) is 8.30. The summed E-state index contributed by atoms with van der Waals surface area (Å²) in [6, 6.07) is 91.9. The molecule has 0 saturated heterocycles. The predicted molar refractivity (Wildman–Crippen MR) is 269 cm³/mol. The van der Waals surface area contributed by atoms with Gasteiger partial charge in [-0.1, -0.05) is 133 Å². The van der Waals surface area contributed by atoms with E-state index in [4.69, 9.17) is 0 Å². The third-order valence-corrected chi connectivity index (χ3v) is 17.1. The minimum Gasteiger partial charge on any atom is -0.309 e. The summed E-state index contributed by atoms with van der Waals surface area (Å²) in [7, 11) is -2.07. The van der Waals surface area contributed by atoms with Gasteiger partial charge in [-0.25, -0.2) is 0 Å². The molecule has 0 saturated carbocycles. The van der Waals surface area contributed by atoms with Crippen LogP contribution in [0, 0.1) is 0 Å². The molecule has 4 heteroatoms. The molecule has 64 heavy (non-hydrogen) atoms. The number of para-hydroxylation sites is 5. The molecular weight excluding hydrogens is 795 g/mol. The van der Waals surface area contributed by atoms with Gasteiger partial charge in [0.05, 0.1) is 33.1 Å². The van der Waals surface area contributed by atoms with E-state index in [0.717, 1.165) is 17.1 Å². The first-order chi connectivity index (χ1) is 31.8. The molecule has 3 aromatic heterocycles. The number of hydrogen-bond donors (Lipinski definition) is 0. The summed E-state index contributed by atoms with van der Waals surface area (Å²) in [5, 5.41) is 7.60. The Morgan fingerprint density at radius 2 is 0.547 bits per heavy atom. The fourth-order valence-corrected chi connectivity index (χ4v) is 14.6. The van der Waals surface area contributed by atoms with Crippen molar-refractivity contribution in [2.24, 2.45) is 0 Å². The van der Waals surface area contributed by atoms with Gasteiger partial charge in [0.25, 0.3) is 0 Å². The smallest absolute Gasteiger partial charge is 0.0552 e. The minimum absolute atomic E-state index is 1.13. The van der Waals surface area contributed by atoms with E-state index in [-0.39, 0.29) is 0 Å². The highest BCUT2D eigenvalue weighted by atomic mass is 32.3. The molecule has 10 aromatic carbocycles. The molecule has 0 radical (unpaired) electrons. The number of nitrogens with zero attached hydrogens (tertiary/aromatic N) is 3. The molecule has 0 atom stereocenters. The Balaban J connectivity index is 1.09. The first kappa shape index (κ1) is 36.6. The lowest BCUT2D eigenvalue weighted by Crippen LogP contribution is -2.06. The SMILES string of the molecule is c1ccc(-n2c3ccccc3c3c(S(c4ccccc4)(c4ccccc4)c4ccc(-n5c6ccccc6c6c7c8ccccc8n(-c8ccccc8)c7ccc65)cc4)cccc32)cc1. The number of hydrogen-bond acceptors (Lipinski definition) is 0. The van der Waals surface area contributed by atoms with Crippen LogP contribution in [0.5, 0.6) is 0 Å². The summed E-state index contributed by atoms with van der Waals surface area (Å²) in [5.41, 5.74) is 10.7. The van der Waals surface area contributed by atoms with Crippen molar-refractivity contribution in [3.8, 4) is 17.1 Å². The van der Waals surface area contributed by atoms with Gasteiger partial charge < -0.3 is 13.7 Å². The van der Waals surface area contributed by atoms with Crippen molar-refractivity contribution < 1.29 is 0 Å². The topological polar surface area (TPSA) is 14.8 Å². The Morgan fingerprint density at radius 1 is 0.219 bits per heavy atom. The highest BCUT2D eigenvalue weighted by Gasteiger charge is 2.36. The maximum absolute atomic E-state index is 2.47. The van der Waals surface area contributed by atoms with Crippen molar-refractivity contribution in [1.82, 2.24) is 13.7 Å². The van der Waals surface area contributed by atoms with Gasteiger partial charge in [-0.15, -0.1) is 10.0 Å². The van der Waals surface area contributed by atoms with Crippen LogP contribution >= 0.6 is 10.0 Å². The van der Waals surface area contributed by atoms with E-state index >= 15 is 0 Å². The molecule has 0 aliphatic heterocycles. The number of rotatable bonds is 7. The summed E-state index contributed by atoms with van der Waals surface area (Å²) >= 11 is 0. The first-order valence-corrected chi connectivity index (χ1v) is 23.6. The number of fused-ring (bicyclic) bond motifs is 10. The van der Waals surface area contributed by atoms with Gasteiger partial charge in [-0.05, 0) is 115 Å². The van der Waals surface area contributed by atoms with Crippen molar-refractivity contribution in [2.45, 2.75) is 19.6 Å². The average Bonchev–Trinajstić information content (AvgIpc) is 4.02. The molecule has 0 N–H and O–H groups in total. The van der Waals surface area contributed by atoms with E-state index in [2.05, 4.69) is 262 Å². The van der Waals surface area contributed by atoms with Crippen LogP contribution in [0.3, 0.4) is 0 Å². The lowest BCUT2D eigenvalue weighted by molar-refractivity contribution is 1.16. The zero-order chi connectivity index (χ0) is 42.2. The fraction of sp³-hybridized carbons (Fsp3) is 0. The molecular formula is C60H41N3S. The van der Waals surface area contributed by atoms with E-state index in [1.54, 1.807) is 0 Å². The number of aromatic nitrogens is 3. The molecule has 0 unspecified atom stereocenters. The standard InChI is InChI=1S/C60H41N3S/c1-5-20-42(21-6-1)61-51-31-16-13-28-48(51)58-54(61)34-19-35-57(58)64(45-24-9-3-10-25-45,46-26-11-4-12-27-46)47-38-36-44(37-39-47)63-53-33-18-15-30-50(53)60-56(63)41-40-55-59(60)49-29-14-17-32-52(49)62(55)43-22-7-2-8-23-43/h1-41H. The van der Waals surface area contributed by atoms with Crippen molar-refractivity contribution in [3.63, 3.8) is 0 Å². The molecule has 0 spiro atoms. The minimum atomic E-state index is -2.07. The van der Waals surface area contributed by atoms with E-state index in [9.17, 15) is 0 Å². The predicted octanol–water partition coefficient (Wildman–Crippen LogP) is 16.3. The van der Waals surface area contributed by atoms with Crippen molar-refractivity contribution in [3.05, 3.63) is 249 Å². The summed E-state index contributed by atoms with van der Waals surface area (Å²) in [4.78, 5) is 5.21. The van der Waals surface area contributed by atoms with Gasteiger partial charge in [0.2, 0.25) is 0 Å².